The van der Waals surface area contributed by atoms with Crippen LogP contribution in [0.1, 0.15) is 18.2 Å². The van der Waals surface area contributed by atoms with Crippen molar-refractivity contribution in [2.75, 3.05) is 0 Å². The summed E-state index contributed by atoms with van der Waals surface area (Å²) in [6.07, 6.45) is 5.48. The fourth-order valence-electron chi connectivity index (χ4n) is 3.60. The van der Waals surface area contributed by atoms with Gasteiger partial charge >= 0.3 is 0 Å². The van der Waals surface area contributed by atoms with Crippen molar-refractivity contribution in [3.63, 3.8) is 0 Å². The summed E-state index contributed by atoms with van der Waals surface area (Å²) in [6.45, 7) is 5.24. The van der Waals surface area contributed by atoms with Gasteiger partial charge in [-0.3, -0.25) is 14.4 Å². The van der Waals surface area contributed by atoms with Crippen LogP contribution in [0.15, 0.2) is 65.2 Å². The molecule has 0 saturated carbocycles. The topological polar surface area (TPSA) is 80.3 Å². The lowest BCUT2D eigenvalue weighted by atomic mass is 9.96. The molecule has 32 heavy (non-hydrogen) atoms. The van der Waals surface area contributed by atoms with Gasteiger partial charge in [0, 0.05) is 29.0 Å². The van der Waals surface area contributed by atoms with Crippen molar-refractivity contribution in [3.05, 3.63) is 88.6 Å². The molecule has 0 radical (unpaired) electrons. The molecule has 0 N–H and O–H groups in total. The molecule has 1 aliphatic rings. The van der Waals surface area contributed by atoms with Crippen LogP contribution in [0.2, 0.25) is 0 Å². The summed E-state index contributed by atoms with van der Waals surface area (Å²) in [7, 11) is 0. The maximum absolute atomic E-state index is 14.3. The molecule has 0 unspecified atom stereocenters. The predicted octanol–water partition coefficient (Wildman–Crippen LogP) is 4.69. The molecule has 1 aromatic carbocycles. The van der Waals surface area contributed by atoms with Crippen molar-refractivity contribution in [2.45, 2.75) is 13.5 Å². The first-order valence-corrected chi connectivity index (χ1v) is 9.57. The van der Waals surface area contributed by atoms with E-state index in [-0.39, 0.29) is 29.0 Å². The van der Waals surface area contributed by atoms with Crippen LogP contribution >= 0.6 is 0 Å². The summed E-state index contributed by atoms with van der Waals surface area (Å²) in [5.74, 6) is -1.09. The number of hydrogen-bond donors (Lipinski definition) is 0. The van der Waals surface area contributed by atoms with E-state index in [1.165, 1.54) is 41.2 Å². The zero-order chi connectivity index (χ0) is 22.8. The molecule has 6 nitrogen and oxygen atoms in total. The number of ether oxygens (including phenoxy) is 1. The number of nitrogens with zero attached hydrogens (tertiary/aromatic N) is 4. The molecule has 0 amide bonds. The summed E-state index contributed by atoms with van der Waals surface area (Å²) in [6, 6.07) is 8.65. The largest absolute Gasteiger partial charge is 0.485 e. The second-order valence-corrected chi connectivity index (χ2v) is 6.80. The van der Waals surface area contributed by atoms with Crippen LogP contribution in [-0.2, 0) is 6.61 Å². The number of halogens is 2. The van der Waals surface area contributed by atoms with Crippen molar-refractivity contribution >= 4 is 11.9 Å². The Morgan fingerprint density at radius 2 is 2.12 bits per heavy atom. The summed E-state index contributed by atoms with van der Waals surface area (Å²) >= 11 is 0. The molecule has 3 heterocycles. The zero-order valence-corrected chi connectivity index (χ0v) is 17.0. The highest BCUT2D eigenvalue weighted by Crippen LogP contribution is 2.38. The molecule has 2 aromatic heterocycles. The number of aromatic nitrogens is 2. The number of nitriles is 1. The smallest absolute Gasteiger partial charge is 0.263 e. The molecule has 8 heteroatoms. The Labute approximate surface area is 182 Å². The van der Waals surface area contributed by atoms with E-state index >= 15 is 0 Å². The molecule has 0 bridgehead atoms. The molecule has 3 aromatic rings. The molecule has 0 spiro atoms. The summed E-state index contributed by atoms with van der Waals surface area (Å²) in [5, 5.41) is 9.50. The van der Waals surface area contributed by atoms with Crippen LogP contribution in [0.5, 0.6) is 5.75 Å². The van der Waals surface area contributed by atoms with Crippen molar-refractivity contribution in [1.29, 1.82) is 5.26 Å². The van der Waals surface area contributed by atoms with Crippen molar-refractivity contribution in [2.24, 2.45) is 4.99 Å². The number of fused-ring (bicyclic) bond motifs is 3. The van der Waals surface area contributed by atoms with Crippen molar-refractivity contribution in [3.8, 4) is 34.2 Å². The highest BCUT2D eigenvalue weighted by Gasteiger charge is 2.27. The third-order valence-corrected chi connectivity index (χ3v) is 5.02. The quantitative estimate of drug-likeness (QED) is 0.562. The third kappa shape index (κ3) is 3.40. The number of pyridine rings is 2. The Morgan fingerprint density at radius 1 is 1.31 bits per heavy atom. The van der Waals surface area contributed by atoms with E-state index in [4.69, 9.17) is 4.74 Å². The van der Waals surface area contributed by atoms with E-state index in [1.54, 1.807) is 13.0 Å². The first-order valence-electron chi connectivity index (χ1n) is 9.57. The zero-order valence-electron chi connectivity index (χ0n) is 17.0. The van der Waals surface area contributed by atoms with Crippen LogP contribution in [0.25, 0.3) is 28.1 Å². The van der Waals surface area contributed by atoms with E-state index in [2.05, 4.69) is 16.6 Å². The number of hydrogen-bond acceptors (Lipinski definition) is 5. The first-order chi connectivity index (χ1) is 15.5. The molecule has 0 aliphatic carbocycles. The van der Waals surface area contributed by atoms with Crippen LogP contribution in [-0.4, -0.2) is 15.8 Å². The van der Waals surface area contributed by atoms with Gasteiger partial charge in [0.15, 0.2) is 0 Å². The van der Waals surface area contributed by atoms with Gasteiger partial charge in [-0.15, -0.1) is 0 Å². The van der Waals surface area contributed by atoms with Crippen LogP contribution < -0.4 is 10.3 Å². The monoisotopic (exact) mass is 430 g/mol. The lowest BCUT2D eigenvalue weighted by Gasteiger charge is -2.25. The number of aliphatic imine (C=N–C) groups is 1. The van der Waals surface area contributed by atoms with E-state index in [0.717, 1.165) is 12.3 Å². The maximum Gasteiger partial charge on any atom is 0.263 e. The predicted molar refractivity (Wildman–Crippen MR) is 117 cm³/mol. The lowest BCUT2D eigenvalue weighted by Crippen LogP contribution is -2.28. The van der Waals surface area contributed by atoms with E-state index in [9.17, 15) is 18.8 Å². The van der Waals surface area contributed by atoms with Gasteiger partial charge in [0.05, 0.1) is 29.4 Å². The maximum atomic E-state index is 14.3. The average molecular weight is 430 g/mol. The average Bonchev–Trinajstić information content (AvgIpc) is 2.79. The number of allylic oxidation sites excluding steroid dienone is 2. The Kier molecular flexibility index (Phi) is 5.48. The van der Waals surface area contributed by atoms with E-state index in [1.807, 2.05) is 6.07 Å². The minimum absolute atomic E-state index is 0.0312. The molecule has 158 valence electrons. The summed E-state index contributed by atoms with van der Waals surface area (Å²) < 4.78 is 35.1. The highest BCUT2D eigenvalue weighted by molar-refractivity contribution is 6.03. The van der Waals surface area contributed by atoms with Gasteiger partial charge in [0.1, 0.15) is 35.8 Å². The SMILES string of the molecule is C=CN=C/C(=C\C)n1c2c(cc(-c3cccc(F)c3C#N)c1=O)-c1ncc(F)cc1OC2. The van der Waals surface area contributed by atoms with Gasteiger partial charge in [-0.05, 0) is 19.1 Å². The molecular weight excluding hydrogens is 414 g/mol. The van der Waals surface area contributed by atoms with Crippen LogP contribution in [0.3, 0.4) is 0 Å². The Balaban J connectivity index is 2.13. The summed E-state index contributed by atoms with van der Waals surface area (Å²) in [5.41, 5.74) is 1.18. The molecule has 4 rings (SSSR count). The first kappa shape index (κ1) is 20.9. The van der Waals surface area contributed by atoms with Crippen LogP contribution in [0, 0.1) is 23.0 Å². The van der Waals surface area contributed by atoms with Crippen LogP contribution in [0.4, 0.5) is 8.78 Å². The van der Waals surface area contributed by atoms with E-state index in [0.29, 0.717) is 22.6 Å². The molecular formula is C24H16F2N4O2. The van der Waals surface area contributed by atoms with Gasteiger partial charge in [-0.2, -0.15) is 5.26 Å². The second kappa shape index (κ2) is 8.40. The number of benzene rings is 1. The van der Waals surface area contributed by atoms with Gasteiger partial charge in [-0.25, -0.2) is 13.8 Å². The Hall–Kier alpha value is -4.38. The fraction of sp³-hybridized carbons (Fsp3) is 0.0833. The minimum atomic E-state index is -0.739. The normalized spacial score (nSPS) is 12.6. The number of rotatable bonds is 4. The Bertz CT molecular complexity index is 1410. The van der Waals surface area contributed by atoms with Crippen molar-refractivity contribution < 1.29 is 13.5 Å². The molecule has 0 fully saturated rings. The van der Waals surface area contributed by atoms with Gasteiger partial charge in [0.25, 0.3) is 5.56 Å². The minimum Gasteiger partial charge on any atom is -0.485 e. The molecule has 0 atom stereocenters. The van der Waals surface area contributed by atoms with Gasteiger partial charge in [0.2, 0.25) is 0 Å². The summed E-state index contributed by atoms with van der Waals surface area (Å²) in [4.78, 5) is 21.8. The van der Waals surface area contributed by atoms with E-state index < -0.39 is 17.2 Å². The van der Waals surface area contributed by atoms with Gasteiger partial charge in [-0.1, -0.05) is 24.8 Å². The standard InChI is InChI=1S/C24H16F2N4O2/c1-3-15(12-28-4-2)30-21-13-32-22-8-14(25)11-29-23(22)18(21)9-17(24(30)31)16-6-5-7-20(26)19(16)10-27/h3-9,11-12H,2,13H2,1H3/b15-3+,28-12?. The fourth-order valence-corrected chi connectivity index (χ4v) is 3.60. The highest BCUT2D eigenvalue weighted by atomic mass is 19.1. The molecule has 1 aliphatic heterocycles. The molecule has 0 saturated heterocycles. The Morgan fingerprint density at radius 3 is 2.84 bits per heavy atom. The second-order valence-electron chi connectivity index (χ2n) is 6.80. The van der Waals surface area contributed by atoms with Gasteiger partial charge < -0.3 is 4.74 Å². The lowest BCUT2D eigenvalue weighted by molar-refractivity contribution is 0.291. The van der Waals surface area contributed by atoms with Crippen molar-refractivity contribution in [1.82, 2.24) is 9.55 Å². The third-order valence-electron chi connectivity index (χ3n) is 5.02.